The molecule has 3 heteroatoms. The van der Waals surface area contributed by atoms with Crippen LogP contribution in [0.3, 0.4) is 0 Å². The van der Waals surface area contributed by atoms with E-state index in [9.17, 15) is 0 Å². The molecule has 2 heterocycles. The lowest BCUT2D eigenvalue weighted by atomic mass is 10.2. The van der Waals surface area contributed by atoms with Crippen LogP contribution < -0.4 is 5.32 Å². The quantitative estimate of drug-likeness (QED) is 0.616. The molecule has 0 amide bonds. The van der Waals surface area contributed by atoms with Crippen LogP contribution in [-0.4, -0.2) is 29.5 Å². The molecular weight excluding hydrogens is 222 g/mol. The van der Waals surface area contributed by atoms with Gasteiger partial charge in [-0.1, -0.05) is 25.1 Å². The standard InChI is InChI=1S/C15H23N3/c1-2-9-16-12-14-7-6-8-15(17-14)13-18-10-4-3-5-11-18/h3-4,6-8,16H,2,5,9-13H2,1H3. The van der Waals surface area contributed by atoms with Gasteiger partial charge in [0.15, 0.2) is 0 Å². The molecule has 1 aromatic heterocycles. The van der Waals surface area contributed by atoms with Crippen molar-refractivity contribution >= 4 is 0 Å². The molecule has 0 saturated heterocycles. The van der Waals surface area contributed by atoms with Crippen LogP contribution in [0.4, 0.5) is 0 Å². The molecule has 0 saturated carbocycles. The lowest BCUT2D eigenvalue weighted by Gasteiger charge is -2.22. The first-order chi connectivity index (χ1) is 8.88. The van der Waals surface area contributed by atoms with Gasteiger partial charge in [-0.3, -0.25) is 9.88 Å². The van der Waals surface area contributed by atoms with Crippen LogP contribution in [0.1, 0.15) is 31.2 Å². The Bertz CT molecular complexity index is 387. The van der Waals surface area contributed by atoms with E-state index in [-0.39, 0.29) is 0 Å². The van der Waals surface area contributed by atoms with Crippen molar-refractivity contribution in [1.29, 1.82) is 0 Å². The van der Waals surface area contributed by atoms with Gasteiger partial charge in [-0.15, -0.1) is 0 Å². The van der Waals surface area contributed by atoms with E-state index >= 15 is 0 Å². The molecule has 1 aliphatic heterocycles. The molecule has 0 aliphatic carbocycles. The Morgan fingerprint density at radius 1 is 1.28 bits per heavy atom. The third-order valence-corrected chi connectivity index (χ3v) is 3.13. The van der Waals surface area contributed by atoms with Crippen LogP contribution >= 0.6 is 0 Å². The number of hydrogen-bond donors (Lipinski definition) is 1. The minimum absolute atomic E-state index is 0.877. The van der Waals surface area contributed by atoms with Gasteiger partial charge in [0, 0.05) is 26.2 Å². The molecule has 1 N–H and O–H groups in total. The number of pyridine rings is 1. The summed E-state index contributed by atoms with van der Waals surface area (Å²) in [6, 6.07) is 6.34. The van der Waals surface area contributed by atoms with Crippen LogP contribution in [0.25, 0.3) is 0 Å². The van der Waals surface area contributed by atoms with E-state index in [0.717, 1.165) is 44.8 Å². The summed E-state index contributed by atoms with van der Waals surface area (Å²) in [5.41, 5.74) is 2.33. The van der Waals surface area contributed by atoms with Gasteiger partial charge in [0.25, 0.3) is 0 Å². The van der Waals surface area contributed by atoms with Crippen molar-refractivity contribution in [2.75, 3.05) is 19.6 Å². The first-order valence-electron chi connectivity index (χ1n) is 6.91. The van der Waals surface area contributed by atoms with Crippen LogP contribution in [0.2, 0.25) is 0 Å². The smallest absolute Gasteiger partial charge is 0.0547 e. The zero-order valence-electron chi connectivity index (χ0n) is 11.2. The van der Waals surface area contributed by atoms with Crippen LogP contribution in [0, 0.1) is 0 Å². The second kappa shape index (κ2) is 7.29. The molecular formula is C15H23N3. The maximum atomic E-state index is 4.71. The van der Waals surface area contributed by atoms with Crippen molar-refractivity contribution in [3.05, 3.63) is 41.7 Å². The van der Waals surface area contributed by atoms with Gasteiger partial charge in [0.05, 0.1) is 11.4 Å². The summed E-state index contributed by atoms with van der Waals surface area (Å²) in [6.07, 6.45) is 6.84. The van der Waals surface area contributed by atoms with E-state index in [4.69, 9.17) is 4.98 Å². The lowest BCUT2D eigenvalue weighted by molar-refractivity contribution is 0.287. The molecule has 98 valence electrons. The van der Waals surface area contributed by atoms with Gasteiger partial charge < -0.3 is 5.32 Å². The molecule has 18 heavy (non-hydrogen) atoms. The van der Waals surface area contributed by atoms with Crippen LogP contribution in [0.15, 0.2) is 30.4 Å². The minimum Gasteiger partial charge on any atom is -0.311 e. The van der Waals surface area contributed by atoms with Gasteiger partial charge in [0.1, 0.15) is 0 Å². The minimum atomic E-state index is 0.877. The third kappa shape index (κ3) is 4.24. The second-order valence-electron chi connectivity index (χ2n) is 4.79. The van der Waals surface area contributed by atoms with E-state index in [0.29, 0.717) is 0 Å². The maximum absolute atomic E-state index is 4.71. The highest BCUT2D eigenvalue weighted by molar-refractivity contribution is 5.11. The first-order valence-corrected chi connectivity index (χ1v) is 6.91. The highest BCUT2D eigenvalue weighted by atomic mass is 15.1. The van der Waals surface area contributed by atoms with Gasteiger partial charge in [0.2, 0.25) is 0 Å². The predicted molar refractivity (Wildman–Crippen MR) is 75.3 cm³/mol. The fourth-order valence-electron chi connectivity index (χ4n) is 2.17. The van der Waals surface area contributed by atoms with Gasteiger partial charge in [-0.25, -0.2) is 0 Å². The lowest BCUT2D eigenvalue weighted by Crippen LogP contribution is -2.27. The summed E-state index contributed by atoms with van der Waals surface area (Å²) in [7, 11) is 0. The van der Waals surface area contributed by atoms with E-state index in [1.54, 1.807) is 0 Å². The normalized spacial score (nSPS) is 16.1. The molecule has 3 nitrogen and oxygen atoms in total. The summed E-state index contributed by atoms with van der Waals surface area (Å²) >= 11 is 0. The van der Waals surface area contributed by atoms with Crippen molar-refractivity contribution < 1.29 is 0 Å². The molecule has 0 bridgehead atoms. The second-order valence-corrected chi connectivity index (χ2v) is 4.79. The monoisotopic (exact) mass is 245 g/mol. The number of nitrogens with zero attached hydrogens (tertiary/aromatic N) is 2. The van der Waals surface area contributed by atoms with Crippen molar-refractivity contribution in [3.8, 4) is 0 Å². The van der Waals surface area contributed by atoms with E-state index in [1.807, 2.05) is 0 Å². The molecule has 0 fully saturated rings. The SMILES string of the molecule is CCCNCc1cccc(CN2CC=CCC2)n1. The zero-order chi connectivity index (χ0) is 12.6. The average Bonchev–Trinajstić information content (AvgIpc) is 2.41. The fourth-order valence-corrected chi connectivity index (χ4v) is 2.17. The Morgan fingerprint density at radius 2 is 2.17 bits per heavy atom. The van der Waals surface area contributed by atoms with E-state index in [2.05, 4.69) is 47.5 Å². The van der Waals surface area contributed by atoms with Gasteiger partial charge in [-0.05, 0) is 31.5 Å². The Kier molecular flexibility index (Phi) is 5.36. The Hall–Kier alpha value is -1.19. The summed E-state index contributed by atoms with van der Waals surface area (Å²) in [5.74, 6) is 0. The molecule has 0 aromatic carbocycles. The number of aromatic nitrogens is 1. The van der Waals surface area contributed by atoms with Crippen molar-refractivity contribution in [2.45, 2.75) is 32.9 Å². The average molecular weight is 245 g/mol. The summed E-state index contributed by atoms with van der Waals surface area (Å²) in [6.45, 7) is 7.29. The largest absolute Gasteiger partial charge is 0.311 e. The highest BCUT2D eigenvalue weighted by Gasteiger charge is 2.07. The molecule has 0 radical (unpaired) electrons. The van der Waals surface area contributed by atoms with Crippen molar-refractivity contribution in [3.63, 3.8) is 0 Å². The molecule has 0 spiro atoms. The molecule has 1 aromatic rings. The maximum Gasteiger partial charge on any atom is 0.0547 e. The molecule has 1 aliphatic rings. The fraction of sp³-hybridized carbons (Fsp3) is 0.533. The first kappa shape index (κ1) is 13.2. The molecule has 2 rings (SSSR count). The Labute approximate surface area is 110 Å². The van der Waals surface area contributed by atoms with Gasteiger partial charge >= 0.3 is 0 Å². The molecule has 0 unspecified atom stereocenters. The topological polar surface area (TPSA) is 28.2 Å². The molecule has 0 atom stereocenters. The summed E-state index contributed by atoms with van der Waals surface area (Å²) in [5, 5.41) is 3.39. The van der Waals surface area contributed by atoms with E-state index in [1.165, 1.54) is 12.1 Å². The Morgan fingerprint density at radius 3 is 2.94 bits per heavy atom. The summed E-state index contributed by atoms with van der Waals surface area (Å²) in [4.78, 5) is 7.15. The van der Waals surface area contributed by atoms with Crippen LogP contribution in [0.5, 0.6) is 0 Å². The zero-order valence-corrected chi connectivity index (χ0v) is 11.2. The summed E-state index contributed by atoms with van der Waals surface area (Å²) < 4.78 is 0. The van der Waals surface area contributed by atoms with Crippen LogP contribution in [-0.2, 0) is 13.1 Å². The van der Waals surface area contributed by atoms with Crippen molar-refractivity contribution in [2.24, 2.45) is 0 Å². The Balaban J connectivity index is 1.88. The van der Waals surface area contributed by atoms with Gasteiger partial charge in [-0.2, -0.15) is 0 Å². The highest BCUT2D eigenvalue weighted by Crippen LogP contribution is 2.07. The number of hydrogen-bond acceptors (Lipinski definition) is 3. The number of nitrogens with one attached hydrogen (secondary N) is 1. The van der Waals surface area contributed by atoms with E-state index < -0.39 is 0 Å². The van der Waals surface area contributed by atoms with Crippen molar-refractivity contribution in [1.82, 2.24) is 15.2 Å². The third-order valence-electron chi connectivity index (χ3n) is 3.13. The predicted octanol–water partition coefficient (Wildman–Crippen LogP) is 2.34. The number of rotatable bonds is 6.